The maximum absolute atomic E-state index is 12.5. The predicted octanol–water partition coefficient (Wildman–Crippen LogP) is 1.03. The highest BCUT2D eigenvalue weighted by Gasteiger charge is 2.19. The lowest BCUT2D eigenvalue weighted by molar-refractivity contribution is -0.121. The number of nitrogen functional groups attached to an aromatic ring is 1. The number of hydrogen-bond acceptors (Lipinski definition) is 4. The number of carbonyl (C=O) groups excluding carboxylic acids is 2. The zero-order valence-corrected chi connectivity index (χ0v) is 12.1. The quantitative estimate of drug-likeness (QED) is 0.878. The average molecular weight is 286 g/mol. The molecule has 0 aliphatic heterocycles. The Bertz CT molecular complexity index is 684. The molecular weight excluding hydrogens is 268 g/mol. The molecule has 0 spiro atoms. The standard InChI is InChI=1S/C15H18N4O2/c1-3-19(9-14(20)17-2)15(21)13-8-11(16)10-6-4-5-7-12(10)18-13/h4-8H,3,9H2,1-2H3,(H2,16,18)(H,17,20). The van der Waals surface area contributed by atoms with Crippen LogP contribution in [0.4, 0.5) is 5.69 Å². The molecular formula is C15H18N4O2. The first kappa shape index (κ1) is 14.8. The van der Waals surface area contributed by atoms with Gasteiger partial charge in [0.05, 0.1) is 12.1 Å². The molecule has 1 aromatic heterocycles. The Hall–Kier alpha value is -2.63. The Balaban J connectivity index is 2.36. The Morgan fingerprint density at radius 1 is 1.33 bits per heavy atom. The molecule has 3 N–H and O–H groups in total. The fraction of sp³-hybridized carbons (Fsp3) is 0.267. The summed E-state index contributed by atoms with van der Waals surface area (Å²) in [5, 5.41) is 3.31. The van der Waals surface area contributed by atoms with Crippen molar-refractivity contribution in [3.05, 3.63) is 36.0 Å². The van der Waals surface area contributed by atoms with Crippen molar-refractivity contribution in [3.8, 4) is 0 Å². The summed E-state index contributed by atoms with van der Waals surface area (Å²) in [6.45, 7) is 2.23. The molecule has 0 saturated heterocycles. The third-order valence-corrected chi connectivity index (χ3v) is 3.25. The van der Waals surface area contributed by atoms with Crippen molar-refractivity contribution in [1.29, 1.82) is 0 Å². The van der Waals surface area contributed by atoms with Crippen molar-refractivity contribution in [2.45, 2.75) is 6.92 Å². The second-order valence-corrected chi connectivity index (χ2v) is 4.61. The molecule has 6 nitrogen and oxygen atoms in total. The van der Waals surface area contributed by atoms with E-state index >= 15 is 0 Å². The number of likely N-dealkylation sites (N-methyl/N-ethyl adjacent to an activating group) is 2. The molecule has 0 fully saturated rings. The van der Waals surface area contributed by atoms with E-state index in [-0.39, 0.29) is 24.1 Å². The van der Waals surface area contributed by atoms with Gasteiger partial charge in [-0.15, -0.1) is 0 Å². The molecule has 6 heteroatoms. The first-order chi connectivity index (χ1) is 10.1. The first-order valence-corrected chi connectivity index (χ1v) is 6.72. The van der Waals surface area contributed by atoms with Crippen LogP contribution in [0, 0.1) is 0 Å². The maximum atomic E-state index is 12.5. The molecule has 1 heterocycles. The molecule has 110 valence electrons. The van der Waals surface area contributed by atoms with Gasteiger partial charge in [-0.1, -0.05) is 18.2 Å². The second-order valence-electron chi connectivity index (χ2n) is 4.61. The van der Waals surface area contributed by atoms with E-state index in [1.807, 2.05) is 25.1 Å². The minimum Gasteiger partial charge on any atom is -0.398 e. The van der Waals surface area contributed by atoms with Gasteiger partial charge in [-0.2, -0.15) is 0 Å². The van der Waals surface area contributed by atoms with Gasteiger partial charge in [0.15, 0.2) is 0 Å². The number of carbonyl (C=O) groups is 2. The van der Waals surface area contributed by atoms with Gasteiger partial charge in [-0.05, 0) is 19.1 Å². The van der Waals surface area contributed by atoms with Crippen LogP contribution >= 0.6 is 0 Å². The predicted molar refractivity (Wildman–Crippen MR) is 81.8 cm³/mol. The van der Waals surface area contributed by atoms with Gasteiger partial charge < -0.3 is 16.0 Å². The molecule has 0 aliphatic carbocycles. The lowest BCUT2D eigenvalue weighted by atomic mass is 10.1. The molecule has 21 heavy (non-hydrogen) atoms. The summed E-state index contributed by atoms with van der Waals surface area (Å²) in [7, 11) is 1.53. The number of anilines is 1. The van der Waals surface area contributed by atoms with Crippen LogP contribution in [0.2, 0.25) is 0 Å². The van der Waals surface area contributed by atoms with Crippen molar-refractivity contribution in [2.24, 2.45) is 0 Å². The third-order valence-electron chi connectivity index (χ3n) is 3.25. The fourth-order valence-corrected chi connectivity index (χ4v) is 2.05. The average Bonchev–Trinajstić information content (AvgIpc) is 2.51. The molecule has 0 saturated carbocycles. The zero-order chi connectivity index (χ0) is 15.4. The number of fused-ring (bicyclic) bond motifs is 1. The highest BCUT2D eigenvalue weighted by Crippen LogP contribution is 2.20. The molecule has 2 rings (SSSR count). The number of nitrogens with zero attached hydrogens (tertiary/aromatic N) is 2. The smallest absolute Gasteiger partial charge is 0.273 e. The van der Waals surface area contributed by atoms with Crippen LogP contribution in [0.15, 0.2) is 30.3 Å². The highest BCUT2D eigenvalue weighted by atomic mass is 16.2. The summed E-state index contributed by atoms with van der Waals surface area (Å²) in [5.41, 5.74) is 7.38. The monoisotopic (exact) mass is 286 g/mol. The van der Waals surface area contributed by atoms with Crippen LogP contribution in [0.25, 0.3) is 10.9 Å². The summed E-state index contributed by atoms with van der Waals surface area (Å²) in [5.74, 6) is -0.530. The lowest BCUT2D eigenvalue weighted by Gasteiger charge is -2.19. The van der Waals surface area contributed by atoms with E-state index in [1.54, 1.807) is 12.1 Å². The number of nitrogens with one attached hydrogen (secondary N) is 1. The Morgan fingerprint density at radius 3 is 2.71 bits per heavy atom. The topological polar surface area (TPSA) is 88.3 Å². The van der Waals surface area contributed by atoms with E-state index in [2.05, 4.69) is 10.3 Å². The third kappa shape index (κ3) is 3.10. The number of para-hydroxylation sites is 1. The largest absolute Gasteiger partial charge is 0.398 e. The minimum absolute atomic E-state index is 0.000243. The van der Waals surface area contributed by atoms with E-state index in [1.165, 1.54) is 11.9 Å². The van der Waals surface area contributed by atoms with Gasteiger partial charge in [-0.3, -0.25) is 9.59 Å². The summed E-state index contributed by atoms with van der Waals surface area (Å²) in [6, 6.07) is 8.92. The van der Waals surface area contributed by atoms with Crippen LogP contribution < -0.4 is 11.1 Å². The zero-order valence-electron chi connectivity index (χ0n) is 12.1. The first-order valence-electron chi connectivity index (χ1n) is 6.72. The molecule has 0 aliphatic rings. The van der Waals surface area contributed by atoms with Crippen LogP contribution in [-0.4, -0.2) is 41.8 Å². The lowest BCUT2D eigenvalue weighted by Crippen LogP contribution is -2.39. The summed E-state index contributed by atoms with van der Waals surface area (Å²) in [6.07, 6.45) is 0. The fourth-order valence-electron chi connectivity index (χ4n) is 2.05. The number of benzene rings is 1. The van der Waals surface area contributed by atoms with Crippen molar-refractivity contribution >= 4 is 28.4 Å². The van der Waals surface area contributed by atoms with E-state index in [0.717, 1.165) is 5.39 Å². The minimum atomic E-state index is -0.307. The maximum Gasteiger partial charge on any atom is 0.273 e. The second kappa shape index (κ2) is 6.21. The SMILES string of the molecule is CCN(CC(=O)NC)C(=O)c1cc(N)c2ccccc2n1. The molecule has 2 amide bonds. The van der Waals surface area contributed by atoms with Gasteiger partial charge >= 0.3 is 0 Å². The van der Waals surface area contributed by atoms with Crippen molar-refractivity contribution in [3.63, 3.8) is 0 Å². The van der Waals surface area contributed by atoms with Crippen molar-refractivity contribution in [1.82, 2.24) is 15.2 Å². The van der Waals surface area contributed by atoms with Gasteiger partial charge in [0.1, 0.15) is 5.69 Å². The van der Waals surface area contributed by atoms with Gasteiger partial charge in [-0.25, -0.2) is 4.98 Å². The molecule has 1 aromatic carbocycles. The molecule has 0 atom stereocenters. The summed E-state index contributed by atoms with van der Waals surface area (Å²) < 4.78 is 0. The van der Waals surface area contributed by atoms with E-state index in [0.29, 0.717) is 17.7 Å². The number of nitrogens with two attached hydrogens (primary N) is 1. The molecule has 0 radical (unpaired) electrons. The van der Waals surface area contributed by atoms with Crippen molar-refractivity contribution < 1.29 is 9.59 Å². The normalized spacial score (nSPS) is 10.4. The summed E-state index contributed by atoms with van der Waals surface area (Å²) >= 11 is 0. The van der Waals surface area contributed by atoms with Gasteiger partial charge in [0.2, 0.25) is 5.91 Å². The number of aromatic nitrogens is 1. The van der Waals surface area contributed by atoms with Gasteiger partial charge in [0.25, 0.3) is 5.91 Å². The van der Waals surface area contributed by atoms with E-state index < -0.39 is 0 Å². The van der Waals surface area contributed by atoms with Crippen LogP contribution in [0.5, 0.6) is 0 Å². The number of rotatable bonds is 4. The molecule has 2 aromatic rings. The van der Waals surface area contributed by atoms with Gasteiger partial charge in [0, 0.05) is 24.7 Å². The van der Waals surface area contributed by atoms with E-state index in [4.69, 9.17) is 5.73 Å². The van der Waals surface area contributed by atoms with Crippen LogP contribution in [0.1, 0.15) is 17.4 Å². The Morgan fingerprint density at radius 2 is 2.05 bits per heavy atom. The highest BCUT2D eigenvalue weighted by molar-refractivity contribution is 6.00. The number of hydrogen-bond donors (Lipinski definition) is 2. The Labute approximate surface area is 122 Å². The van der Waals surface area contributed by atoms with Crippen LogP contribution in [0.3, 0.4) is 0 Å². The van der Waals surface area contributed by atoms with Crippen molar-refractivity contribution in [2.75, 3.05) is 25.9 Å². The summed E-state index contributed by atoms with van der Waals surface area (Å²) in [4.78, 5) is 29.7. The van der Waals surface area contributed by atoms with Crippen LogP contribution in [-0.2, 0) is 4.79 Å². The number of amides is 2. The number of pyridine rings is 1. The molecule has 0 bridgehead atoms. The molecule has 0 unspecified atom stereocenters. The van der Waals surface area contributed by atoms with E-state index in [9.17, 15) is 9.59 Å². The Kier molecular flexibility index (Phi) is 4.37.